The van der Waals surface area contributed by atoms with E-state index in [4.69, 9.17) is 0 Å². The third-order valence-electron chi connectivity index (χ3n) is 3.74. The van der Waals surface area contributed by atoms with Gasteiger partial charge in [-0.1, -0.05) is 60.3 Å². The van der Waals surface area contributed by atoms with Crippen LogP contribution in [0.5, 0.6) is 0 Å². The van der Waals surface area contributed by atoms with Crippen molar-refractivity contribution in [3.63, 3.8) is 0 Å². The van der Waals surface area contributed by atoms with E-state index in [1.165, 1.54) is 15.7 Å². The second-order valence-electron chi connectivity index (χ2n) is 5.10. The Morgan fingerprint density at radius 1 is 0.682 bits per heavy atom. The Morgan fingerprint density at radius 3 is 2.27 bits per heavy atom. The molecule has 0 fully saturated rings. The van der Waals surface area contributed by atoms with Crippen LogP contribution in [0.15, 0.2) is 88.8 Å². The number of nitrogens with zero attached hydrogens (tertiary/aromatic N) is 1. The normalized spacial score (nSPS) is 11.1. The number of hydrogen-bond acceptors (Lipinski definition) is 2. The highest BCUT2D eigenvalue weighted by Crippen LogP contribution is 2.36. The van der Waals surface area contributed by atoms with Crippen molar-refractivity contribution < 1.29 is 4.73 Å². The summed E-state index contributed by atoms with van der Waals surface area (Å²) in [4.78, 5) is 2.30. The highest BCUT2D eigenvalue weighted by Gasteiger charge is 2.10. The van der Waals surface area contributed by atoms with Gasteiger partial charge in [-0.2, -0.15) is 4.73 Å². The number of hydrogen-bond donors (Lipinski definition) is 0. The molecule has 4 aromatic rings. The number of aromatic nitrogens is 1. The molecule has 0 aliphatic rings. The fourth-order valence-corrected chi connectivity index (χ4v) is 3.76. The van der Waals surface area contributed by atoms with Gasteiger partial charge in [-0.3, -0.25) is 0 Å². The molecule has 1 aromatic heterocycles. The molecular weight excluding hydrogens is 290 g/mol. The number of benzene rings is 3. The van der Waals surface area contributed by atoms with Gasteiger partial charge in [0, 0.05) is 21.9 Å². The monoisotopic (exact) mass is 303 g/mol. The molecule has 0 saturated heterocycles. The first-order valence-electron chi connectivity index (χ1n) is 7.09. The standard InChI is InChI=1S/C19H13NOS/c21-20-13-12-19(16-9-3-4-10-17(16)20)22-18-11-5-7-14-6-1-2-8-15(14)18/h1-13H. The van der Waals surface area contributed by atoms with Crippen molar-refractivity contribution in [1.29, 1.82) is 0 Å². The minimum absolute atomic E-state index is 0.702. The van der Waals surface area contributed by atoms with Crippen molar-refractivity contribution in [2.24, 2.45) is 0 Å². The van der Waals surface area contributed by atoms with Crippen LogP contribution in [0.4, 0.5) is 0 Å². The van der Waals surface area contributed by atoms with Gasteiger partial charge in [0.25, 0.3) is 0 Å². The zero-order chi connectivity index (χ0) is 14.9. The maximum Gasteiger partial charge on any atom is 0.224 e. The fourth-order valence-electron chi connectivity index (χ4n) is 2.67. The van der Waals surface area contributed by atoms with Crippen LogP contribution >= 0.6 is 11.8 Å². The lowest BCUT2D eigenvalue weighted by Crippen LogP contribution is -2.25. The largest absolute Gasteiger partial charge is 0.618 e. The van der Waals surface area contributed by atoms with Crippen LogP contribution in [0.3, 0.4) is 0 Å². The van der Waals surface area contributed by atoms with E-state index >= 15 is 0 Å². The van der Waals surface area contributed by atoms with Gasteiger partial charge < -0.3 is 5.21 Å². The van der Waals surface area contributed by atoms with Crippen molar-refractivity contribution in [3.05, 3.63) is 84.2 Å². The van der Waals surface area contributed by atoms with Crippen molar-refractivity contribution in [1.82, 2.24) is 0 Å². The Morgan fingerprint density at radius 2 is 1.36 bits per heavy atom. The molecule has 3 aromatic carbocycles. The fraction of sp³-hybridized carbons (Fsp3) is 0. The maximum absolute atomic E-state index is 11.9. The summed E-state index contributed by atoms with van der Waals surface area (Å²) in [5, 5.41) is 15.3. The first-order valence-corrected chi connectivity index (χ1v) is 7.91. The third-order valence-corrected chi connectivity index (χ3v) is 4.89. The molecule has 0 saturated carbocycles. The second kappa shape index (κ2) is 5.35. The molecule has 2 nitrogen and oxygen atoms in total. The first kappa shape index (κ1) is 13.2. The summed E-state index contributed by atoms with van der Waals surface area (Å²) in [5.41, 5.74) is 0.702. The summed E-state index contributed by atoms with van der Waals surface area (Å²) in [5.74, 6) is 0. The second-order valence-corrected chi connectivity index (χ2v) is 6.19. The van der Waals surface area contributed by atoms with E-state index < -0.39 is 0 Å². The van der Waals surface area contributed by atoms with Crippen LogP contribution in [0, 0.1) is 5.21 Å². The van der Waals surface area contributed by atoms with Gasteiger partial charge >= 0.3 is 0 Å². The molecule has 0 amide bonds. The molecular formula is C19H13NOS. The van der Waals surface area contributed by atoms with Crippen LogP contribution in [0.2, 0.25) is 0 Å². The smallest absolute Gasteiger partial charge is 0.224 e. The molecule has 106 valence electrons. The number of fused-ring (bicyclic) bond motifs is 2. The highest BCUT2D eigenvalue weighted by atomic mass is 32.2. The van der Waals surface area contributed by atoms with E-state index in [0.29, 0.717) is 5.52 Å². The van der Waals surface area contributed by atoms with E-state index in [9.17, 15) is 5.21 Å². The Kier molecular flexibility index (Phi) is 3.20. The topological polar surface area (TPSA) is 26.9 Å². The van der Waals surface area contributed by atoms with E-state index in [-0.39, 0.29) is 0 Å². The lowest BCUT2D eigenvalue weighted by Gasteiger charge is -2.09. The first-order chi connectivity index (χ1) is 10.8. The summed E-state index contributed by atoms with van der Waals surface area (Å²) in [7, 11) is 0. The molecule has 0 atom stereocenters. The Bertz CT molecular complexity index is 976. The van der Waals surface area contributed by atoms with Crippen molar-refractivity contribution >= 4 is 33.4 Å². The van der Waals surface area contributed by atoms with E-state index in [1.54, 1.807) is 18.0 Å². The summed E-state index contributed by atoms with van der Waals surface area (Å²) >= 11 is 1.70. The number of pyridine rings is 1. The Balaban J connectivity index is 1.88. The molecule has 0 aliphatic heterocycles. The Hall–Kier alpha value is -2.52. The molecule has 0 N–H and O–H groups in total. The summed E-state index contributed by atoms with van der Waals surface area (Å²) < 4.78 is 0.919. The van der Waals surface area contributed by atoms with Gasteiger partial charge in [-0.05, 0) is 22.9 Å². The molecule has 1 heterocycles. The minimum Gasteiger partial charge on any atom is -0.618 e. The lowest BCUT2D eigenvalue weighted by atomic mass is 10.1. The summed E-state index contributed by atoms with van der Waals surface area (Å²) in [6.45, 7) is 0. The molecule has 4 rings (SSSR count). The Labute approximate surface area is 132 Å². The van der Waals surface area contributed by atoms with Crippen LogP contribution < -0.4 is 4.73 Å². The van der Waals surface area contributed by atoms with Gasteiger partial charge in [0.05, 0.1) is 5.39 Å². The predicted octanol–water partition coefficient (Wildman–Crippen LogP) is 4.78. The average Bonchev–Trinajstić information content (AvgIpc) is 2.58. The number of para-hydroxylation sites is 1. The van der Waals surface area contributed by atoms with Crippen molar-refractivity contribution in [3.8, 4) is 0 Å². The van der Waals surface area contributed by atoms with Gasteiger partial charge in [-0.25, -0.2) is 0 Å². The zero-order valence-corrected chi connectivity index (χ0v) is 12.6. The van der Waals surface area contributed by atoms with E-state index in [1.807, 2.05) is 30.3 Å². The van der Waals surface area contributed by atoms with Gasteiger partial charge in [0.2, 0.25) is 5.52 Å². The van der Waals surface area contributed by atoms with Gasteiger partial charge in [0.1, 0.15) is 0 Å². The highest BCUT2D eigenvalue weighted by molar-refractivity contribution is 7.99. The van der Waals surface area contributed by atoms with Crippen molar-refractivity contribution in [2.75, 3.05) is 0 Å². The molecule has 3 heteroatoms. The van der Waals surface area contributed by atoms with E-state index in [2.05, 4.69) is 42.5 Å². The number of rotatable bonds is 2. The molecule has 0 bridgehead atoms. The predicted molar refractivity (Wildman–Crippen MR) is 91.0 cm³/mol. The van der Waals surface area contributed by atoms with Crippen LogP contribution in [-0.2, 0) is 0 Å². The van der Waals surface area contributed by atoms with Gasteiger partial charge in [0.15, 0.2) is 6.20 Å². The maximum atomic E-state index is 11.9. The van der Waals surface area contributed by atoms with Crippen molar-refractivity contribution in [2.45, 2.75) is 9.79 Å². The molecule has 0 radical (unpaired) electrons. The van der Waals surface area contributed by atoms with Crippen LogP contribution in [0.25, 0.3) is 21.7 Å². The molecule has 0 spiro atoms. The van der Waals surface area contributed by atoms with Crippen LogP contribution in [-0.4, -0.2) is 0 Å². The zero-order valence-electron chi connectivity index (χ0n) is 11.8. The molecule has 22 heavy (non-hydrogen) atoms. The third kappa shape index (κ3) is 2.20. The average molecular weight is 303 g/mol. The van der Waals surface area contributed by atoms with Crippen LogP contribution in [0.1, 0.15) is 0 Å². The minimum atomic E-state index is 0.702. The summed E-state index contributed by atoms with van der Waals surface area (Å²) in [6.07, 6.45) is 1.58. The molecule has 0 aliphatic carbocycles. The van der Waals surface area contributed by atoms with Gasteiger partial charge in [-0.15, -0.1) is 0 Å². The SMILES string of the molecule is [O-][n+]1ccc(Sc2cccc3ccccc23)c2ccccc21. The lowest BCUT2D eigenvalue weighted by molar-refractivity contribution is -0.577. The quantitative estimate of drug-likeness (QED) is 0.394. The molecule has 0 unspecified atom stereocenters. The summed E-state index contributed by atoms with van der Waals surface area (Å²) in [6, 6.07) is 24.3. The van der Waals surface area contributed by atoms with E-state index in [0.717, 1.165) is 15.0 Å².